The Morgan fingerprint density at radius 3 is 2.32 bits per heavy atom. The minimum absolute atomic E-state index is 0.0462. The summed E-state index contributed by atoms with van der Waals surface area (Å²) in [5, 5.41) is 14.2. The summed E-state index contributed by atoms with van der Waals surface area (Å²) in [6.07, 6.45) is 0.400. The molecule has 1 N–H and O–H groups in total. The molecule has 0 saturated carbocycles. The lowest BCUT2D eigenvalue weighted by atomic mass is 9.71. The molecule has 4 aromatic carbocycles. The van der Waals surface area contributed by atoms with Gasteiger partial charge in [0.05, 0.1) is 0 Å². The van der Waals surface area contributed by atoms with Crippen molar-refractivity contribution in [2.24, 2.45) is 0 Å². The monoisotopic (exact) mass is 428 g/mol. The summed E-state index contributed by atoms with van der Waals surface area (Å²) in [5.74, 6) is -0.0462. The van der Waals surface area contributed by atoms with Crippen molar-refractivity contribution in [3.05, 3.63) is 117 Å². The third kappa shape index (κ3) is 2.62. The van der Waals surface area contributed by atoms with Crippen molar-refractivity contribution in [3.63, 3.8) is 0 Å². The number of fused-ring (bicyclic) bond motifs is 3. The van der Waals surface area contributed by atoms with Gasteiger partial charge in [0, 0.05) is 22.0 Å². The van der Waals surface area contributed by atoms with Gasteiger partial charge >= 0.3 is 0 Å². The molecule has 136 valence electrons. The smallest absolute Gasteiger partial charge is 0.193 e. The Labute approximate surface area is 171 Å². The normalized spacial score (nSPS) is 18.0. The van der Waals surface area contributed by atoms with Crippen LogP contribution in [0.1, 0.15) is 32.6 Å². The Kier molecular flexibility index (Phi) is 3.97. The van der Waals surface area contributed by atoms with E-state index in [1.54, 1.807) is 12.1 Å². The van der Waals surface area contributed by atoms with Crippen molar-refractivity contribution in [3.8, 4) is 0 Å². The fourth-order valence-corrected chi connectivity index (χ4v) is 4.59. The fraction of sp³-hybridized carbons (Fsp3) is 0.0800. The molecule has 28 heavy (non-hydrogen) atoms. The van der Waals surface area contributed by atoms with Gasteiger partial charge in [-0.3, -0.25) is 4.79 Å². The second-order valence-electron chi connectivity index (χ2n) is 7.28. The predicted molar refractivity (Wildman–Crippen MR) is 115 cm³/mol. The number of ketones is 1. The third-order valence-corrected chi connectivity index (χ3v) is 6.06. The molecule has 1 aliphatic carbocycles. The Morgan fingerprint density at radius 1 is 0.750 bits per heavy atom. The van der Waals surface area contributed by atoms with Gasteiger partial charge in [0.25, 0.3) is 0 Å². The topological polar surface area (TPSA) is 37.3 Å². The summed E-state index contributed by atoms with van der Waals surface area (Å²) in [5.41, 5.74) is 2.21. The molecule has 0 heterocycles. The molecule has 0 aliphatic heterocycles. The number of hydrogen-bond acceptors (Lipinski definition) is 2. The molecule has 2 nitrogen and oxygen atoms in total. The molecule has 3 heteroatoms. The first-order chi connectivity index (χ1) is 13.6. The van der Waals surface area contributed by atoms with Gasteiger partial charge in [-0.1, -0.05) is 88.7 Å². The van der Waals surface area contributed by atoms with E-state index in [1.807, 2.05) is 42.5 Å². The maximum atomic E-state index is 13.0. The van der Waals surface area contributed by atoms with Crippen LogP contribution in [0.3, 0.4) is 0 Å². The molecular weight excluding hydrogens is 412 g/mol. The highest BCUT2D eigenvalue weighted by Gasteiger charge is 2.42. The van der Waals surface area contributed by atoms with Gasteiger partial charge in [0.15, 0.2) is 5.78 Å². The first-order valence-electron chi connectivity index (χ1n) is 9.20. The van der Waals surface area contributed by atoms with Crippen molar-refractivity contribution in [2.45, 2.75) is 12.0 Å². The highest BCUT2D eigenvalue weighted by Crippen LogP contribution is 2.43. The number of carbonyl (C=O) groups excluding carboxylic acids is 1. The van der Waals surface area contributed by atoms with Crippen LogP contribution in [0.2, 0.25) is 0 Å². The van der Waals surface area contributed by atoms with Gasteiger partial charge in [0.2, 0.25) is 0 Å². The van der Waals surface area contributed by atoms with Crippen LogP contribution in [0.25, 0.3) is 10.8 Å². The summed E-state index contributed by atoms with van der Waals surface area (Å²) in [4.78, 5) is 13.0. The van der Waals surface area contributed by atoms with E-state index in [9.17, 15) is 9.90 Å². The number of hydrogen-bond donors (Lipinski definition) is 1. The third-order valence-electron chi connectivity index (χ3n) is 5.56. The molecule has 0 radical (unpaired) electrons. The lowest BCUT2D eigenvalue weighted by molar-refractivity contribution is 0.0721. The molecule has 0 fully saturated rings. The van der Waals surface area contributed by atoms with Crippen LogP contribution in [-0.2, 0) is 12.0 Å². The Bertz CT molecular complexity index is 1240. The van der Waals surface area contributed by atoms with Crippen LogP contribution < -0.4 is 0 Å². The summed E-state index contributed by atoms with van der Waals surface area (Å²) in [6.45, 7) is 0. The van der Waals surface area contributed by atoms with Gasteiger partial charge in [0.1, 0.15) is 5.60 Å². The predicted octanol–water partition coefficient (Wildman–Crippen LogP) is 5.63. The molecule has 4 aromatic rings. The molecule has 0 amide bonds. The first-order valence-corrected chi connectivity index (χ1v) is 10.00. The summed E-state index contributed by atoms with van der Waals surface area (Å²) in [7, 11) is 0. The lowest BCUT2D eigenvalue weighted by Crippen LogP contribution is -2.37. The number of carbonyl (C=O) groups is 1. The van der Waals surface area contributed by atoms with E-state index in [-0.39, 0.29) is 5.78 Å². The summed E-state index contributed by atoms with van der Waals surface area (Å²) < 4.78 is 0.826. The van der Waals surface area contributed by atoms with Crippen LogP contribution in [0, 0.1) is 0 Å². The molecule has 1 aliphatic rings. The second kappa shape index (κ2) is 6.40. The van der Waals surface area contributed by atoms with Crippen molar-refractivity contribution in [1.29, 1.82) is 0 Å². The molecular formula is C25H17BrO2. The van der Waals surface area contributed by atoms with E-state index in [1.165, 1.54) is 5.39 Å². The second-order valence-corrected chi connectivity index (χ2v) is 8.20. The quantitative estimate of drug-likeness (QED) is 0.449. The average Bonchev–Trinajstić information content (AvgIpc) is 2.72. The van der Waals surface area contributed by atoms with Gasteiger partial charge < -0.3 is 5.11 Å². The minimum atomic E-state index is -1.26. The zero-order chi connectivity index (χ0) is 19.3. The summed E-state index contributed by atoms with van der Waals surface area (Å²) >= 11 is 3.46. The maximum Gasteiger partial charge on any atom is 0.193 e. The SMILES string of the molecule is O=C1c2ccccc2C(O)(Cc2ccc3ccccc3c2)c2ccc(Br)cc21. The van der Waals surface area contributed by atoms with Crippen LogP contribution in [0.15, 0.2) is 89.4 Å². The number of aliphatic hydroxyl groups is 1. The molecule has 0 aromatic heterocycles. The number of benzene rings is 4. The van der Waals surface area contributed by atoms with E-state index in [0.29, 0.717) is 28.7 Å². The molecule has 0 saturated heterocycles. The van der Waals surface area contributed by atoms with Gasteiger partial charge in [-0.05, 0) is 39.6 Å². The highest BCUT2D eigenvalue weighted by molar-refractivity contribution is 9.10. The zero-order valence-corrected chi connectivity index (χ0v) is 16.6. The Hall–Kier alpha value is -2.75. The number of halogens is 1. The minimum Gasteiger partial charge on any atom is -0.380 e. The maximum absolute atomic E-state index is 13.0. The average molecular weight is 429 g/mol. The van der Waals surface area contributed by atoms with E-state index in [4.69, 9.17) is 0 Å². The van der Waals surface area contributed by atoms with Crippen LogP contribution >= 0.6 is 15.9 Å². The zero-order valence-electron chi connectivity index (χ0n) is 15.0. The fourth-order valence-electron chi connectivity index (χ4n) is 4.23. The van der Waals surface area contributed by atoms with Crippen molar-refractivity contribution >= 4 is 32.5 Å². The van der Waals surface area contributed by atoms with E-state index in [0.717, 1.165) is 15.4 Å². The molecule has 1 atom stereocenters. The van der Waals surface area contributed by atoms with Crippen molar-refractivity contribution < 1.29 is 9.90 Å². The lowest BCUT2D eigenvalue weighted by Gasteiger charge is -2.36. The van der Waals surface area contributed by atoms with E-state index >= 15 is 0 Å². The van der Waals surface area contributed by atoms with E-state index in [2.05, 4.69) is 46.3 Å². The van der Waals surface area contributed by atoms with Crippen molar-refractivity contribution in [2.75, 3.05) is 0 Å². The van der Waals surface area contributed by atoms with Crippen LogP contribution in [0.4, 0.5) is 0 Å². The van der Waals surface area contributed by atoms with Crippen LogP contribution in [-0.4, -0.2) is 10.9 Å². The molecule has 5 rings (SSSR count). The van der Waals surface area contributed by atoms with Gasteiger partial charge in [-0.15, -0.1) is 0 Å². The first kappa shape index (κ1) is 17.4. The van der Waals surface area contributed by atoms with Crippen molar-refractivity contribution in [1.82, 2.24) is 0 Å². The largest absolute Gasteiger partial charge is 0.380 e. The van der Waals surface area contributed by atoms with Crippen LogP contribution in [0.5, 0.6) is 0 Å². The van der Waals surface area contributed by atoms with Gasteiger partial charge in [-0.2, -0.15) is 0 Å². The highest BCUT2D eigenvalue weighted by atomic mass is 79.9. The molecule has 0 bridgehead atoms. The Balaban J connectivity index is 1.71. The molecule has 0 spiro atoms. The molecule has 1 unspecified atom stereocenters. The summed E-state index contributed by atoms with van der Waals surface area (Å²) in [6, 6.07) is 27.4. The number of rotatable bonds is 2. The van der Waals surface area contributed by atoms with E-state index < -0.39 is 5.60 Å². The standard InChI is InChI=1S/C25H17BrO2/c26-19-11-12-23-21(14-19)24(27)20-7-3-4-8-22(20)25(23,28)15-16-9-10-17-5-1-2-6-18(17)13-16/h1-14,28H,15H2. The van der Waals surface area contributed by atoms with Gasteiger partial charge in [-0.25, -0.2) is 0 Å². The Morgan fingerprint density at radius 2 is 1.46 bits per heavy atom.